The molecule has 0 fully saturated rings. The van der Waals surface area contributed by atoms with Gasteiger partial charge in [0.1, 0.15) is 5.75 Å². The second-order valence-electron chi connectivity index (χ2n) is 4.79. The van der Waals surface area contributed by atoms with E-state index in [1.54, 1.807) is 30.3 Å². The van der Waals surface area contributed by atoms with Crippen LogP contribution in [0.2, 0.25) is 15.1 Å². The van der Waals surface area contributed by atoms with Crippen molar-refractivity contribution in [1.82, 2.24) is 10.9 Å². The fourth-order valence-corrected chi connectivity index (χ4v) is 2.38. The highest BCUT2D eigenvalue weighted by molar-refractivity contribution is 6.35. The Kier molecular flexibility index (Phi) is 6.31. The number of nitrogens with one attached hydrogen (secondary N) is 2. The zero-order chi connectivity index (χ0) is 17.7. The number of hydrazine groups is 1. The number of benzene rings is 2. The molecule has 0 aliphatic rings. The lowest BCUT2D eigenvalue weighted by Gasteiger charge is -2.16. The van der Waals surface area contributed by atoms with Crippen LogP contribution < -0.4 is 15.6 Å². The average molecular weight is 388 g/mol. The highest BCUT2D eigenvalue weighted by Gasteiger charge is 2.17. The van der Waals surface area contributed by atoms with Crippen molar-refractivity contribution in [2.75, 3.05) is 0 Å². The third-order valence-corrected chi connectivity index (χ3v) is 3.72. The van der Waals surface area contributed by atoms with Crippen LogP contribution in [0.3, 0.4) is 0 Å². The summed E-state index contributed by atoms with van der Waals surface area (Å²) in [6, 6.07) is 11.0. The van der Waals surface area contributed by atoms with Gasteiger partial charge in [-0.15, -0.1) is 0 Å². The van der Waals surface area contributed by atoms with Gasteiger partial charge < -0.3 is 4.74 Å². The molecule has 1 atom stereocenters. The highest BCUT2D eigenvalue weighted by Crippen LogP contribution is 2.28. The SMILES string of the molecule is C[C@H](Oc1ccc(Cl)cc1Cl)C(=O)NNC(=O)c1cccc(Cl)c1. The highest BCUT2D eigenvalue weighted by atomic mass is 35.5. The Morgan fingerprint density at radius 2 is 1.71 bits per heavy atom. The van der Waals surface area contributed by atoms with Crippen molar-refractivity contribution in [3.8, 4) is 5.75 Å². The monoisotopic (exact) mass is 386 g/mol. The van der Waals surface area contributed by atoms with E-state index in [2.05, 4.69) is 10.9 Å². The minimum absolute atomic E-state index is 0.283. The van der Waals surface area contributed by atoms with Crippen molar-refractivity contribution >= 4 is 46.6 Å². The maximum Gasteiger partial charge on any atom is 0.279 e. The predicted octanol–water partition coefficient (Wildman–Crippen LogP) is 3.88. The number of hydrogen-bond acceptors (Lipinski definition) is 3. The molecule has 24 heavy (non-hydrogen) atoms. The Hall–Kier alpha value is -1.95. The van der Waals surface area contributed by atoms with E-state index in [0.29, 0.717) is 21.4 Å². The minimum atomic E-state index is -0.886. The zero-order valence-corrected chi connectivity index (χ0v) is 14.7. The molecule has 2 N–H and O–H groups in total. The number of carbonyl (C=O) groups is 2. The summed E-state index contributed by atoms with van der Waals surface area (Å²) in [5, 5.41) is 1.16. The molecule has 0 saturated heterocycles. The second-order valence-corrected chi connectivity index (χ2v) is 6.07. The van der Waals surface area contributed by atoms with Crippen LogP contribution in [-0.2, 0) is 4.79 Å². The number of rotatable bonds is 4. The Bertz CT molecular complexity index is 768. The van der Waals surface area contributed by atoms with Gasteiger partial charge in [-0.3, -0.25) is 20.4 Å². The van der Waals surface area contributed by atoms with Crippen molar-refractivity contribution < 1.29 is 14.3 Å². The number of carbonyl (C=O) groups excluding carboxylic acids is 2. The summed E-state index contributed by atoms with van der Waals surface area (Å²) >= 11 is 17.6. The number of hydrogen-bond donors (Lipinski definition) is 2. The van der Waals surface area contributed by atoms with Gasteiger partial charge in [-0.1, -0.05) is 40.9 Å². The molecule has 2 aromatic rings. The fourth-order valence-electron chi connectivity index (χ4n) is 1.74. The zero-order valence-electron chi connectivity index (χ0n) is 12.5. The predicted molar refractivity (Wildman–Crippen MR) is 93.6 cm³/mol. The fraction of sp³-hybridized carbons (Fsp3) is 0.125. The van der Waals surface area contributed by atoms with Crippen LogP contribution in [0.5, 0.6) is 5.75 Å². The summed E-state index contributed by atoms with van der Waals surface area (Å²) in [5.74, 6) is -0.733. The largest absolute Gasteiger partial charge is 0.479 e. The molecule has 0 unspecified atom stereocenters. The van der Waals surface area contributed by atoms with Crippen LogP contribution in [0.4, 0.5) is 0 Å². The lowest BCUT2D eigenvalue weighted by Crippen LogP contribution is -2.47. The molecule has 8 heteroatoms. The van der Waals surface area contributed by atoms with E-state index in [-0.39, 0.29) is 5.02 Å². The molecule has 0 aliphatic heterocycles. The molecule has 0 heterocycles. The molecule has 126 valence electrons. The molecular formula is C16H13Cl3N2O3. The normalized spacial score (nSPS) is 11.5. The molecule has 5 nitrogen and oxygen atoms in total. The molecule has 0 bridgehead atoms. The average Bonchev–Trinajstić information content (AvgIpc) is 2.54. The van der Waals surface area contributed by atoms with Crippen LogP contribution in [0.1, 0.15) is 17.3 Å². The molecule has 0 spiro atoms. The summed E-state index contributed by atoms with van der Waals surface area (Å²) in [7, 11) is 0. The first-order chi connectivity index (χ1) is 11.4. The van der Waals surface area contributed by atoms with Crippen LogP contribution in [0.25, 0.3) is 0 Å². The first kappa shape index (κ1) is 18.4. The molecular weight excluding hydrogens is 375 g/mol. The van der Waals surface area contributed by atoms with E-state index < -0.39 is 17.9 Å². The summed E-state index contributed by atoms with van der Waals surface area (Å²) in [5.41, 5.74) is 4.88. The first-order valence-corrected chi connectivity index (χ1v) is 7.97. The van der Waals surface area contributed by atoms with E-state index >= 15 is 0 Å². The van der Waals surface area contributed by atoms with Gasteiger partial charge in [0.2, 0.25) is 0 Å². The van der Waals surface area contributed by atoms with Gasteiger partial charge in [-0.25, -0.2) is 0 Å². The van der Waals surface area contributed by atoms with Gasteiger partial charge in [0.25, 0.3) is 11.8 Å². The Labute approximate surface area is 153 Å². The molecule has 0 aromatic heterocycles. The summed E-state index contributed by atoms with van der Waals surface area (Å²) < 4.78 is 5.44. The topological polar surface area (TPSA) is 67.4 Å². The van der Waals surface area contributed by atoms with Crippen LogP contribution in [0, 0.1) is 0 Å². The standard InChI is InChI=1S/C16H13Cl3N2O3/c1-9(24-14-6-5-12(18)8-13(14)19)15(22)20-21-16(23)10-3-2-4-11(17)7-10/h2-9H,1H3,(H,20,22)(H,21,23)/t9-/m0/s1. The minimum Gasteiger partial charge on any atom is -0.479 e. The maximum atomic E-state index is 12.0. The van der Waals surface area contributed by atoms with E-state index in [0.717, 1.165) is 0 Å². The molecule has 2 rings (SSSR count). The Balaban J connectivity index is 1.90. The summed E-state index contributed by atoms with van der Waals surface area (Å²) in [4.78, 5) is 23.9. The molecule has 2 amide bonds. The summed E-state index contributed by atoms with van der Waals surface area (Å²) in [6.45, 7) is 1.52. The van der Waals surface area contributed by atoms with Crippen LogP contribution >= 0.6 is 34.8 Å². The lowest BCUT2D eigenvalue weighted by atomic mass is 10.2. The smallest absolute Gasteiger partial charge is 0.279 e. The van der Waals surface area contributed by atoms with Crippen molar-refractivity contribution in [2.24, 2.45) is 0 Å². The number of amides is 2. The quantitative estimate of drug-likeness (QED) is 0.783. The maximum absolute atomic E-state index is 12.0. The van der Waals surface area contributed by atoms with Crippen molar-refractivity contribution in [1.29, 1.82) is 0 Å². The van der Waals surface area contributed by atoms with E-state index in [4.69, 9.17) is 39.5 Å². The Morgan fingerprint density at radius 3 is 2.38 bits per heavy atom. The van der Waals surface area contributed by atoms with Crippen molar-refractivity contribution in [3.05, 3.63) is 63.1 Å². The van der Waals surface area contributed by atoms with Gasteiger partial charge in [-0.05, 0) is 43.3 Å². The van der Waals surface area contributed by atoms with E-state index in [1.807, 2.05) is 0 Å². The lowest BCUT2D eigenvalue weighted by molar-refractivity contribution is -0.128. The molecule has 0 saturated carbocycles. The number of halogens is 3. The van der Waals surface area contributed by atoms with E-state index in [9.17, 15) is 9.59 Å². The van der Waals surface area contributed by atoms with Crippen LogP contribution in [-0.4, -0.2) is 17.9 Å². The third kappa shape index (κ3) is 5.03. The molecule has 0 radical (unpaired) electrons. The van der Waals surface area contributed by atoms with E-state index in [1.165, 1.54) is 19.1 Å². The molecule has 2 aromatic carbocycles. The summed E-state index contributed by atoms with van der Waals surface area (Å²) in [6.07, 6.45) is -0.886. The first-order valence-electron chi connectivity index (χ1n) is 6.84. The van der Waals surface area contributed by atoms with Gasteiger partial charge in [0.05, 0.1) is 5.02 Å². The van der Waals surface area contributed by atoms with Crippen LogP contribution in [0.15, 0.2) is 42.5 Å². The molecule has 0 aliphatic carbocycles. The van der Waals surface area contributed by atoms with Gasteiger partial charge >= 0.3 is 0 Å². The Morgan fingerprint density at radius 1 is 1.00 bits per heavy atom. The number of ether oxygens (including phenoxy) is 1. The van der Waals surface area contributed by atoms with Gasteiger partial charge in [0, 0.05) is 15.6 Å². The van der Waals surface area contributed by atoms with Crippen molar-refractivity contribution in [3.63, 3.8) is 0 Å². The second kappa shape index (κ2) is 8.24. The third-order valence-electron chi connectivity index (χ3n) is 2.95. The van der Waals surface area contributed by atoms with Crippen molar-refractivity contribution in [2.45, 2.75) is 13.0 Å². The van der Waals surface area contributed by atoms with Gasteiger partial charge in [-0.2, -0.15) is 0 Å². The van der Waals surface area contributed by atoms with Gasteiger partial charge in [0.15, 0.2) is 6.10 Å².